The molecule has 0 N–H and O–H groups in total. The minimum Gasteiger partial charge on any atom is -0.462 e. The van der Waals surface area contributed by atoms with E-state index in [0.717, 1.165) is 55.3 Å². The van der Waals surface area contributed by atoms with Crippen molar-refractivity contribution in [3.8, 4) is 0 Å². The highest BCUT2D eigenvalue weighted by molar-refractivity contribution is 6.24. The SMILES string of the molecule is CCC(C=CC(C)C1CCC2C3CCC4(Cl)CC(OC(C)=O)CCC4(C)C3CCC12C)C(C)C. The lowest BCUT2D eigenvalue weighted by atomic mass is 9.44. The molecular weight excluding hydrogens is 440 g/mol. The van der Waals surface area contributed by atoms with Crippen molar-refractivity contribution in [3.63, 3.8) is 0 Å². The predicted octanol–water partition coefficient (Wildman–Crippen LogP) is 8.81. The summed E-state index contributed by atoms with van der Waals surface area (Å²) in [4.78, 5) is 11.4. The largest absolute Gasteiger partial charge is 0.462 e. The zero-order valence-corrected chi connectivity index (χ0v) is 23.8. The molecule has 0 bridgehead atoms. The first-order valence-corrected chi connectivity index (χ1v) is 14.9. The van der Waals surface area contributed by atoms with Gasteiger partial charge in [-0.15, -0.1) is 11.6 Å². The van der Waals surface area contributed by atoms with E-state index in [1.165, 1.54) is 45.4 Å². The summed E-state index contributed by atoms with van der Waals surface area (Å²) in [5, 5.41) is 0. The molecule has 4 rings (SSSR count). The number of carbonyl (C=O) groups excluding carboxylic acids is 1. The van der Waals surface area contributed by atoms with E-state index in [1.807, 2.05) is 0 Å². The van der Waals surface area contributed by atoms with Gasteiger partial charge in [-0.25, -0.2) is 0 Å². The number of hydrogen-bond donors (Lipinski definition) is 0. The maximum atomic E-state index is 11.6. The quantitative estimate of drug-likeness (QED) is 0.211. The van der Waals surface area contributed by atoms with Crippen LogP contribution < -0.4 is 0 Å². The third-order valence-corrected chi connectivity index (χ3v) is 12.5. The maximum Gasteiger partial charge on any atom is 0.302 e. The second-order valence-electron chi connectivity index (χ2n) is 13.6. The number of esters is 1. The van der Waals surface area contributed by atoms with E-state index in [1.54, 1.807) is 0 Å². The smallest absolute Gasteiger partial charge is 0.302 e. The first-order chi connectivity index (χ1) is 15.9. The van der Waals surface area contributed by atoms with Crippen molar-refractivity contribution in [1.82, 2.24) is 0 Å². The first-order valence-electron chi connectivity index (χ1n) is 14.5. The Balaban J connectivity index is 1.50. The standard InChI is InChI=1S/C31H51ClO2/c1-8-23(20(2)3)10-9-21(4)26-11-12-27-25-14-18-31(32)19-24(34-22(5)33)13-17-30(31,7)28(25)15-16-29(26,27)6/h9-10,20-21,23-28H,8,11-19H2,1-7H3. The summed E-state index contributed by atoms with van der Waals surface area (Å²) < 4.78 is 5.64. The van der Waals surface area contributed by atoms with Gasteiger partial charge in [0.15, 0.2) is 0 Å². The van der Waals surface area contributed by atoms with Crippen LogP contribution in [0.3, 0.4) is 0 Å². The van der Waals surface area contributed by atoms with Gasteiger partial charge in [-0.1, -0.05) is 53.7 Å². The molecule has 3 heteroatoms. The topological polar surface area (TPSA) is 26.3 Å². The van der Waals surface area contributed by atoms with Crippen molar-refractivity contribution in [2.75, 3.05) is 0 Å². The first kappa shape index (κ1) is 26.6. The Bertz CT molecular complexity index is 775. The van der Waals surface area contributed by atoms with E-state index in [9.17, 15) is 4.79 Å². The molecule has 0 aliphatic heterocycles. The molecule has 4 fully saturated rings. The molecule has 34 heavy (non-hydrogen) atoms. The summed E-state index contributed by atoms with van der Waals surface area (Å²) in [6, 6.07) is 0. The monoisotopic (exact) mass is 490 g/mol. The molecule has 0 saturated heterocycles. The number of rotatable bonds is 6. The normalized spacial score (nSPS) is 46.0. The van der Waals surface area contributed by atoms with Crippen LogP contribution in [0.5, 0.6) is 0 Å². The molecular formula is C31H51ClO2. The molecule has 0 aromatic rings. The second-order valence-corrected chi connectivity index (χ2v) is 14.3. The van der Waals surface area contributed by atoms with Crippen LogP contribution in [-0.4, -0.2) is 16.9 Å². The van der Waals surface area contributed by atoms with Crippen LogP contribution in [0.4, 0.5) is 0 Å². The molecule has 0 amide bonds. The molecule has 2 nitrogen and oxygen atoms in total. The Kier molecular flexibility index (Phi) is 7.62. The van der Waals surface area contributed by atoms with Gasteiger partial charge in [0.05, 0.1) is 4.87 Å². The van der Waals surface area contributed by atoms with Crippen LogP contribution in [0.25, 0.3) is 0 Å². The third kappa shape index (κ3) is 4.41. The molecule has 194 valence electrons. The summed E-state index contributed by atoms with van der Waals surface area (Å²) in [7, 11) is 0. The highest BCUT2D eigenvalue weighted by Gasteiger charge is 2.64. The van der Waals surface area contributed by atoms with Crippen molar-refractivity contribution >= 4 is 17.6 Å². The Morgan fingerprint density at radius 1 is 1.00 bits per heavy atom. The van der Waals surface area contributed by atoms with E-state index in [0.29, 0.717) is 17.3 Å². The van der Waals surface area contributed by atoms with Crippen LogP contribution >= 0.6 is 11.6 Å². The number of ether oxygens (including phenoxy) is 1. The zero-order chi connectivity index (χ0) is 24.9. The number of alkyl halides is 1. The molecule has 10 atom stereocenters. The molecule has 4 aliphatic carbocycles. The lowest BCUT2D eigenvalue weighted by Crippen LogP contribution is -2.60. The zero-order valence-electron chi connectivity index (χ0n) is 23.0. The van der Waals surface area contributed by atoms with Crippen LogP contribution in [0.1, 0.15) is 113 Å². The minimum atomic E-state index is -0.208. The summed E-state index contributed by atoms with van der Waals surface area (Å²) >= 11 is 7.48. The van der Waals surface area contributed by atoms with Gasteiger partial charge in [0.2, 0.25) is 0 Å². The van der Waals surface area contributed by atoms with Crippen molar-refractivity contribution in [2.45, 2.75) is 124 Å². The summed E-state index contributed by atoms with van der Waals surface area (Å²) in [6.07, 6.45) is 17.1. The van der Waals surface area contributed by atoms with E-state index in [4.69, 9.17) is 16.3 Å². The summed E-state index contributed by atoms with van der Waals surface area (Å²) in [5.41, 5.74) is 0.646. The van der Waals surface area contributed by atoms with Crippen LogP contribution in [0.15, 0.2) is 12.2 Å². The van der Waals surface area contributed by atoms with Gasteiger partial charge in [-0.3, -0.25) is 4.79 Å². The number of fused-ring (bicyclic) bond motifs is 5. The average molecular weight is 491 g/mol. The van der Waals surface area contributed by atoms with Gasteiger partial charge in [0.1, 0.15) is 6.10 Å². The van der Waals surface area contributed by atoms with E-state index >= 15 is 0 Å². The molecule has 10 unspecified atom stereocenters. The fraction of sp³-hybridized carbons (Fsp3) is 0.903. The van der Waals surface area contributed by atoms with Crippen molar-refractivity contribution in [3.05, 3.63) is 12.2 Å². The molecule has 4 saturated carbocycles. The Morgan fingerprint density at radius 3 is 2.38 bits per heavy atom. The highest BCUT2D eigenvalue weighted by atomic mass is 35.5. The Morgan fingerprint density at radius 2 is 1.74 bits per heavy atom. The molecule has 0 aromatic carbocycles. The van der Waals surface area contributed by atoms with Crippen LogP contribution in [0, 0.1) is 52.3 Å². The lowest BCUT2D eigenvalue weighted by Gasteiger charge is -2.64. The fourth-order valence-electron chi connectivity index (χ4n) is 9.68. The lowest BCUT2D eigenvalue weighted by molar-refractivity contribution is -0.157. The number of hydrogen-bond acceptors (Lipinski definition) is 2. The second kappa shape index (κ2) is 9.75. The maximum absolute atomic E-state index is 11.6. The molecule has 0 spiro atoms. The van der Waals surface area contributed by atoms with Gasteiger partial charge in [0.25, 0.3) is 0 Å². The molecule has 4 aliphatic rings. The van der Waals surface area contributed by atoms with Gasteiger partial charge in [-0.2, -0.15) is 0 Å². The van der Waals surface area contributed by atoms with Gasteiger partial charge in [-0.05, 0) is 110 Å². The number of halogens is 1. The number of carbonyl (C=O) groups is 1. The highest BCUT2D eigenvalue weighted by Crippen LogP contribution is 2.70. The number of allylic oxidation sites excluding steroid dienone is 2. The average Bonchev–Trinajstić information content (AvgIpc) is 3.11. The van der Waals surface area contributed by atoms with Crippen LogP contribution in [0.2, 0.25) is 0 Å². The van der Waals surface area contributed by atoms with Gasteiger partial charge < -0.3 is 4.74 Å². The van der Waals surface area contributed by atoms with Gasteiger partial charge >= 0.3 is 5.97 Å². The van der Waals surface area contributed by atoms with Gasteiger partial charge in [0, 0.05) is 13.3 Å². The Labute approximate surface area is 215 Å². The molecule has 0 heterocycles. The van der Waals surface area contributed by atoms with Crippen molar-refractivity contribution in [2.24, 2.45) is 52.3 Å². The van der Waals surface area contributed by atoms with E-state index < -0.39 is 0 Å². The van der Waals surface area contributed by atoms with E-state index in [2.05, 4.69) is 53.7 Å². The molecule has 0 radical (unpaired) electrons. The minimum absolute atomic E-state index is 0.00904. The Hall–Kier alpha value is -0.500. The van der Waals surface area contributed by atoms with Crippen LogP contribution in [-0.2, 0) is 9.53 Å². The third-order valence-electron chi connectivity index (χ3n) is 11.7. The molecule has 0 aromatic heterocycles. The summed E-state index contributed by atoms with van der Waals surface area (Å²) in [6.45, 7) is 16.2. The van der Waals surface area contributed by atoms with E-state index in [-0.39, 0.29) is 22.4 Å². The predicted molar refractivity (Wildman–Crippen MR) is 143 cm³/mol. The van der Waals surface area contributed by atoms with Crippen molar-refractivity contribution in [1.29, 1.82) is 0 Å². The summed E-state index contributed by atoms with van der Waals surface area (Å²) in [5.74, 6) is 5.16. The fourth-order valence-corrected chi connectivity index (χ4v) is 10.2. The van der Waals surface area contributed by atoms with Crippen molar-refractivity contribution < 1.29 is 9.53 Å².